The van der Waals surface area contributed by atoms with Gasteiger partial charge in [-0.2, -0.15) is 0 Å². The maximum atomic E-state index is 12.9. The van der Waals surface area contributed by atoms with E-state index in [9.17, 15) is 4.39 Å². The van der Waals surface area contributed by atoms with Crippen LogP contribution in [0.2, 0.25) is 0 Å². The molecule has 0 aliphatic heterocycles. The molecular formula is C14H19FN4. The number of nitrogens with zero attached hydrogens (tertiary/aromatic N) is 3. The van der Waals surface area contributed by atoms with Gasteiger partial charge in [-0.1, -0.05) is 12.1 Å². The minimum absolute atomic E-state index is 0.0950. The second-order valence-electron chi connectivity index (χ2n) is 4.72. The van der Waals surface area contributed by atoms with E-state index in [4.69, 9.17) is 5.73 Å². The molecule has 2 rings (SSSR count). The Kier molecular flexibility index (Phi) is 4.29. The molecule has 19 heavy (non-hydrogen) atoms. The van der Waals surface area contributed by atoms with Gasteiger partial charge in [-0.15, -0.1) is 0 Å². The van der Waals surface area contributed by atoms with Gasteiger partial charge in [-0.25, -0.2) is 9.37 Å². The van der Waals surface area contributed by atoms with Crippen LogP contribution in [0.3, 0.4) is 0 Å². The summed E-state index contributed by atoms with van der Waals surface area (Å²) < 4.78 is 14.9. The Balaban J connectivity index is 2.11. The van der Waals surface area contributed by atoms with Crippen LogP contribution >= 0.6 is 0 Å². The number of nitrogens with two attached hydrogens (primary N) is 1. The molecule has 0 aliphatic carbocycles. The molecule has 0 fully saturated rings. The van der Waals surface area contributed by atoms with Crippen LogP contribution in [0, 0.1) is 5.82 Å². The van der Waals surface area contributed by atoms with Crippen LogP contribution in [0.1, 0.15) is 17.3 Å². The summed E-state index contributed by atoms with van der Waals surface area (Å²) in [6.45, 7) is 1.23. The first kappa shape index (κ1) is 13.7. The minimum atomic E-state index is -0.214. The fourth-order valence-corrected chi connectivity index (χ4v) is 2.20. The molecule has 0 amide bonds. The molecule has 5 heteroatoms. The third kappa shape index (κ3) is 3.19. The van der Waals surface area contributed by atoms with E-state index >= 15 is 0 Å². The average Bonchev–Trinajstić information content (AvgIpc) is 2.80. The van der Waals surface area contributed by atoms with Crippen LogP contribution in [-0.2, 0) is 13.6 Å². The topological polar surface area (TPSA) is 47.1 Å². The van der Waals surface area contributed by atoms with Crippen molar-refractivity contribution in [3.63, 3.8) is 0 Å². The lowest BCUT2D eigenvalue weighted by Crippen LogP contribution is -2.31. The van der Waals surface area contributed by atoms with Crippen molar-refractivity contribution in [3.8, 4) is 0 Å². The molecule has 0 radical (unpaired) electrons. The van der Waals surface area contributed by atoms with Crippen LogP contribution in [-0.4, -0.2) is 28.0 Å². The minimum Gasteiger partial charge on any atom is -0.336 e. The lowest BCUT2D eigenvalue weighted by molar-refractivity contribution is 0.234. The summed E-state index contributed by atoms with van der Waals surface area (Å²) in [5.74, 6) is -0.214. The molecule has 1 aromatic heterocycles. The highest BCUT2D eigenvalue weighted by Gasteiger charge is 2.18. The van der Waals surface area contributed by atoms with Crippen LogP contribution in [0.25, 0.3) is 0 Å². The van der Waals surface area contributed by atoms with Crippen LogP contribution in [0.4, 0.5) is 4.39 Å². The van der Waals surface area contributed by atoms with Gasteiger partial charge in [0.25, 0.3) is 0 Å². The van der Waals surface area contributed by atoms with E-state index in [-0.39, 0.29) is 11.9 Å². The molecule has 2 aromatic rings. The number of aromatic nitrogens is 2. The zero-order valence-electron chi connectivity index (χ0n) is 11.3. The quantitative estimate of drug-likeness (QED) is 0.892. The molecule has 1 aromatic carbocycles. The molecule has 0 saturated heterocycles. The Morgan fingerprint density at radius 2 is 2.05 bits per heavy atom. The first-order chi connectivity index (χ1) is 9.11. The normalized spacial score (nSPS) is 12.9. The summed E-state index contributed by atoms with van der Waals surface area (Å²) >= 11 is 0. The van der Waals surface area contributed by atoms with Gasteiger partial charge in [0.05, 0.1) is 18.1 Å². The van der Waals surface area contributed by atoms with Crippen molar-refractivity contribution in [1.82, 2.24) is 14.5 Å². The van der Waals surface area contributed by atoms with Crippen LogP contribution in [0.5, 0.6) is 0 Å². The molecule has 0 spiro atoms. The fourth-order valence-electron chi connectivity index (χ4n) is 2.20. The molecule has 1 heterocycles. The zero-order valence-corrected chi connectivity index (χ0v) is 11.3. The van der Waals surface area contributed by atoms with Crippen molar-refractivity contribution in [3.05, 3.63) is 53.9 Å². The second-order valence-corrected chi connectivity index (χ2v) is 4.72. The number of rotatable bonds is 5. The van der Waals surface area contributed by atoms with Crippen LogP contribution < -0.4 is 5.73 Å². The summed E-state index contributed by atoms with van der Waals surface area (Å²) in [6, 6.07) is 6.64. The highest BCUT2D eigenvalue weighted by molar-refractivity contribution is 5.16. The van der Waals surface area contributed by atoms with E-state index in [1.165, 1.54) is 12.1 Å². The highest BCUT2D eigenvalue weighted by atomic mass is 19.1. The van der Waals surface area contributed by atoms with Crippen molar-refractivity contribution in [1.29, 1.82) is 0 Å². The molecule has 0 aliphatic rings. The zero-order chi connectivity index (χ0) is 13.8. The largest absolute Gasteiger partial charge is 0.336 e. The second kappa shape index (κ2) is 5.95. The van der Waals surface area contributed by atoms with Gasteiger partial charge >= 0.3 is 0 Å². The van der Waals surface area contributed by atoms with Crippen molar-refractivity contribution < 1.29 is 4.39 Å². The van der Waals surface area contributed by atoms with E-state index < -0.39 is 0 Å². The molecular weight excluding hydrogens is 243 g/mol. The maximum Gasteiger partial charge on any atom is 0.123 e. The fraction of sp³-hybridized carbons (Fsp3) is 0.357. The van der Waals surface area contributed by atoms with E-state index in [0.717, 1.165) is 11.3 Å². The van der Waals surface area contributed by atoms with Gasteiger partial charge < -0.3 is 10.3 Å². The van der Waals surface area contributed by atoms with Crippen molar-refractivity contribution in [2.45, 2.75) is 12.6 Å². The van der Waals surface area contributed by atoms with Gasteiger partial charge in [0, 0.05) is 26.3 Å². The number of aryl methyl sites for hydroxylation is 1. The number of hydrogen-bond donors (Lipinski definition) is 1. The average molecular weight is 262 g/mol. The predicted molar refractivity (Wildman–Crippen MR) is 72.9 cm³/mol. The van der Waals surface area contributed by atoms with Crippen LogP contribution in [0.15, 0.2) is 36.8 Å². The van der Waals surface area contributed by atoms with E-state index in [0.29, 0.717) is 13.1 Å². The van der Waals surface area contributed by atoms with Gasteiger partial charge in [-0.3, -0.25) is 4.90 Å². The van der Waals surface area contributed by atoms with Crippen molar-refractivity contribution >= 4 is 0 Å². The van der Waals surface area contributed by atoms with Gasteiger partial charge in [0.2, 0.25) is 0 Å². The Hall–Kier alpha value is -1.72. The standard InChI is InChI=1S/C14H19FN4/c1-18(9-11-3-5-12(15)6-4-11)13(7-16)14-8-17-10-19(14)2/h3-6,8,10,13H,7,9,16H2,1-2H3. The predicted octanol–water partition coefficient (Wildman–Crippen LogP) is 1.69. The van der Waals surface area contributed by atoms with Gasteiger partial charge in [0.1, 0.15) is 5.82 Å². The first-order valence-corrected chi connectivity index (χ1v) is 6.22. The number of hydrogen-bond acceptors (Lipinski definition) is 3. The van der Waals surface area contributed by atoms with Gasteiger partial charge in [-0.05, 0) is 24.7 Å². The third-order valence-electron chi connectivity index (χ3n) is 3.30. The molecule has 102 valence electrons. The number of benzene rings is 1. The molecule has 0 bridgehead atoms. The third-order valence-corrected chi connectivity index (χ3v) is 3.30. The maximum absolute atomic E-state index is 12.9. The summed E-state index contributed by atoms with van der Waals surface area (Å²) in [6.07, 6.45) is 3.60. The van der Waals surface area contributed by atoms with Gasteiger partial charge in [0.15, 0.2) is 0 Å². The summed E-state index contributed by atoms with van der Waals surface area (Å²) in [5, 5.41) is 0. The summed E-state index contributed by atoms with van der Waals surface area (Å²) in [4.78, 5) is 6.27. The lowest BCUT2D eigenvalue weighted by atomic mass is 10.1. The first-order valence-electron chi connectivity index (χ1n) is 6.22. The Bertz CT molecular complexity index is 520. The summed E-state index contributed by atoms with van der Waals surface area (Å²) in [5.41, 5.74) is 8.00. The number of halogens is 1. The van der Waals surface area contributed by atoms with Crippen molar-refractivity contribution in [2.75, 3.05) is 13.6 Å². The van der Waals surface area contributed by atoms with E-state index in [1.807, 2.05) is 24.9 Å². The lowest BCUT2D eigenvalue weighted by Gasteiger charge is -2.27. The number of likely N-dealkylation sites (N-methyl/N-ethyl adjacent to an activating group) is 1. The number of imidazole rings is 1. The van der Waals surface area contributed by atoms with E-state index in [1.54, 1.807) is 18.5 Å². The highest BCUT2D eigenvalue weighted by Crippen LogP contribution is 2.19. The smallest absolute Gasteiger partial charge is 0.123 e. The van der Waals surface area contributed by atoms with E-state index in [2.05, 4.69) is 9.88 Å². The molecule has 1 unspecified atom stereocenters. The Morgan fingerprint density at radius 3 is 2.58 bits per heavy atom. The Labute approximate surface area is 112 Å². The monoisotopic (exact) mass is 262 g/mol. The molecule has 1 atom stereocenters. The SMILES string of the molecule is CN(Cc1ccc(F)cc1)C(CN)c1cncn1C. The van der Waals surface area contributed by atoms with Crippen molar-refractivity contribution in [2.24, 2.45) is 12.8 Å². The molecule has 0 saturated carbocycles. The summed E-state index contributed by atoms with van der Waals surface area (Å²) in [7, 11) is 3.96. The molecule has 2 N–H and O–H groups in total. The Morgan fingerprint density at radius 1 is 1.37 bits per heavy atom. The molecule has 4 nitrogen and oxygen atoms in total.